The van der Waals surface area contributed by atoms with Crippen LogP contribution in [0.2, 0.25) is 0 Å². The van der Waals surface area contributed by atoms with Gasteiger partial charge in [-0.15, -0.1) is 0 Å². The predicted octanol–water partition coefficient (Wildman–Crippen LogP) is 3.31. The number of H-pyrrole nitrogens is 1. The highest BCUT2D eigenvalue weighted by Crippen LogP contribution is 2.33. The van der Waals surface area contributed by atoms with Crippen LogP contribution in [0.3, 0.4) is 0 Å². The van der Waals surface area contributed by atoms with Crippen molar-refractivity contribution in [1.82, 2.24) is 9.97 Å². The van der Waals surface area contributed by atoms with Crippen molar-refractivity contribution in [2.75, 3.05) is 25.7 Å². The maximum Gasteiger partial charge on any atom is 0.344 e. The summed E-state index contributed by atoms with van der Waals surface area (Å²) in [6, 6.07) is 14.3. The van der Waals surface area contributed by atoms with Crippen molar-refractivity contribution >= 4 is 40.7 Å². The molecule has 0 aliphatic carbocycles. The van der Waals surface area contributed by atoms with Gasteiger partial charge in [0.2, 0.25) is 5.95 Å². The van der Waals surface area contributed by atoms with Crippen LogP contribution >= 0.6 is 22.6 Å². The third kappa shape index (κ3) is 6.10. The molecule has 1 aromatic heterocycles. The number of halogens is 1. The number of hydrazone groups is 1. The minimum absolute atomic E-state index is 0.0788. The van der Waals surface area contributed by atoms with E-state index in [1.807, 2.05) is 12.1 Å². The Balaban J connectivity index is 1.81. The van der Waals surface area contributed by atoms with Crippen LogP contribution in [-0.4, -0.2) is 42.5 Å². The Morgan fingerprint density at radius 1 is 1.32 bits per heavy atom. The van der Waals surface area contributed by atoms with Crippen molar-refractivity contribution < 1.29 is 19.0 Å². The number of carbonyl (C=O) groups excluding carboxylic acids is 1. The van der Waals surface area contributed by atoms with E-state index in [0.29, 0.717) is 26.2 Å². The van der Waals surface area contributed by atoms with Gasteiger partial charge in [-0.1, -0.05) is 30.3 Å². The quantitative estimate of drug-likeness (QED) is 0.172. The van der Waals surface area contributed by atoms with Crippen molar-refractivity contribution in [2.24, 2.45) is 5.10 Å². The van der Waals surface area contributed by atoms with Gasteiger partial charge in [-0.3, -0.25) is 9.78 Å². The van der Waals surface area contributed by atoms with Gasteiger partial charge in [0, 0.05) is 5.56 Å². The molecule has 2 N–H and O–H groups in total. The number of rotatable bonds is 9. The highest BCUT2D eigenvalue weighted by atomic mass is 127. The first-order chi connectivity index (χ1) is 16.5. The summed E-state index contributed by atoms with van der Waals surface area (Å²) >= 11 is 2.06. The van der Waals surface area contributed by atoms with E-state index in [0.717, 1.165) is 0 Å². The Morgan fingerprint density at radius 2 is 2.09 bits per heavy atom. The fraction of sp³-hybridized carbons (Fsp3) is 0.174. The third-order valence-electron chi connectivity index (χ3n) is 4.35. The first kappa shape index (κ1) is 24.7. The van der Waals surface area contributed by atoms with Crippen molar-refractivity contribution in [3.8, 4) is 28.8 Å². The zero-order chi connectivity index (χ0) is 24.5. The molecule has 0 unspecified atom stereocenters. The Morgan fingerprint density at radius 3 is 2.76 bits per heavy atom. The second kappa shape index (κ2) is 11.8. The fourth-order valence-corrected chi connectivity index (χ4v) is 3.67. The number of nitrogens with one attached hydrogen (secondary N) is 2. The smallest absolute Gasteiger partial charge is 0.344 e. The molecule has 11 heteroatoms. The van der Waals surface area contributed by atoms with Gasteiger partial charge >= 0.3 is 5.97 Å². The van der Waals surface area contributed by atoms with E-state index in [1.165, 1.54) is 13.3 Å². The summed E-state index contributed by atoms with van der Waals surface area (Å²) in [5.74, 6) is 0.421. The number of nitriles is 1. The van der Waals surface area contributed by atoms with E-state index in [2.05, 4.69) is 43.1 Å². The van der Waals surface area contributed by atoms with Gasteiger partial charge in [0.05, 0.1) is 29.2 Å². The first-order valence-electron chi connectivity index (χ1n) is 10.0. The molecule has 0 amide bonds. The zero-order valence-corrected chi connectivity index (χ0v) is 20.5. The number of esters is 1. The summed E-state index contributed by atoms with van der Waals surface area (Å²) in [6.45, 7) is 1.75. The Labute approximate surface area is 208 Å². The molecular weight excluding hydrogens is 553 g/mol. The summed E-state index contributed by atoms with van der Waals surface area (Å²) in [7, 11) is 1.48. The van der Waals surface area contributed by atoms with Gasteiger partial charge < -0.3 is 14.2 Å². The second-order valence-electron chi connectivity index (χ2n) is 6.61. The molecule has 3 rings (SSSR count). The van der Waals surface area contributed by atoms with Crippen LogP contribution in [0.1, 0.15) is 18.1 Å². The molecule has 0 aliphatic rings. The summed E-state index contributed by atoms with van der Waals surface area (Å²) in [4.78, 5) is 30.8. The minimum atomic E-state index is -0.576. The largest absolute Gasteiger partial charge is 0.493 e. The number of hydrogen-bond donors (Lipinski definition) is 2. The molecule has 3 aromatic rings. The van der Waals surface area contributed by atoms with E-state index >= 15 is 0 Å². The number of aromatic amines is 1. The predicted molar refractivity (Wildman–Crippen MR) is 134 cm³/mol. The third-order valence-corrected chi connectivity index (χ3v) is 5.16. The van der Waals surface area contributed by atoms with Crippen LogP contribution < -0.4 is 20.5 Å². The zero-order valence-electron chi connectivity index (χ0n) is 18.3. The molecular formula is C23H20IN5O5. The SMILES string of the molecule is CCOC(=O)COc1c(I)cc(C=NNc2nc(-c3ccccc3)c(C#N)c(=O)[nH]2)cc1OC. The average molecular weight is 573 g/mol. The topological polar surface area (TPSA) is 139 Å². The molecule has 0 radical (unpaired) electrons. The number of methoxy groups -OCH3 is 1. The van der Waals surface area contributed by atoms with Gasteiger partial charge in [-0.2, -0.15) is 10.4 Å². The number of benzene rings is 2. The molecule has 174 valence electrons. The molecule has 0 bridgehead atoms. The monoisotopic (exact) mass is 573 g/mol. The number of hydrogen-bond acceptors (Lipinski definition) is 9. The van der Waals surface area contributed by atoms with Crippen molar-refractivity contribution in [3.63, 3.8) is 0 Å². The van der Waals surface area contributed by atoms with Crippen LogP contribution in [0.25, 0.3) is 11.3 Å². The molecule has 34 heavy (non-hydrogen) atoms. The fourth-order valence-electron chi connectivity index (χ4n) is 2.89. The van der Waals surface area contributed by atoms with Crippen LogP contribution in [0.15, 0.2) is 52.4 Å². The van der Waals surface area contributed by atoms with E-state index in [4.69, 9.17) is 14.2 Å². The van der Waals surface area contributed by atoms with E-state index in [9.17, 15) is 14.9 Å². The normalized spacial score (nSPS) is 10.5. The average Bonchev–Trinajstić information content (AvgIpc) is 2.83. The molecule has 2 aromatic carbocycles. The van der Waals surface area contributed by atoms with Crippen LogP contribution in [0, 0.1) is 14.9 Å². The Bertz CT molecular complexity index is 1300. The molecule has 0 aliphatic heterocycles. The van der Waals surface area contributed by atoms with Gasteiger partial charge in [0.25, 0.3) is 5.56 Å². The van der Waals surface area contributed by atoms with E-state index in [-0.39, 0.29) is 30.4 Å². The van der Waals surface area contributed by atoms with Crippen molar-refractivity contribution in [3.05, 3.63) is 67.5 Å². The van der Waals surface area contributed by atoms with Gasteiger partial charge in [-0.05, 0) is 47.2 Å². The summed E-state index contributed by atoms with van der Waals surface area (Å²) in [5.41, 5.74) is 3.57. The molecule has 0 saturated heterocycles. The highest BCUT2D eigenvalue weighted by Gasteiger charge is 2.14. The standard InChI is InChI=1S/C23H20IN5O5/c1-3-33-19(30)13-34-21-17(24)9-14(10-18(21)32-2)12-26-29-23-27-20(15-7-5-4-6-8-15)16(11-25)22(31)28-23/h4-10,12H,3,13H2,1-2H3,(H2,27,28,29,31). The molecule has 1 heterocycles. The van der Waals surface area contributed by atoms with Gasteiger partial charge in [0.1, 0.15) is 11.6 Å². The molecule has 0 spiro atoms. The highest BCUT2D eigenvalue weighted by molar-refractivity contribution is 14.1. The summed E-state index contributed by atoms with van der Waals surface area (Å²) in [6.07, 6.45) is 1.50. The maximum absolute atomic E-state index is 12.3. The summed E-state index contributed by atoms with van der Waals surface area (Å²) in [5, 5.41) is 13.5. The number of aromatic nitrogens is 2. The van der Waals surface area contributed by atoms with Crippen LogP contribution in [0.4, 0.5) is 5.95 Å². The van der Waals surface area contributed by atoms with E-state index < -0.39 is 11.5 Å². The number of anilines is 1. The molecule has 0 atom stereocenters. The molecule has 0 fully saturated rings. The first-order valence-corrected chi connectivity index (χ1v) is 11.1. The lowest BCUT2D eigenvalue weighted by Gasteiger charge is -2.13. The lowest BCUT2D eigenvalue weighted by atomic mass is 10.1. The van der Waals surface area contributed by atoms with E-state index in [1.54, 1.807) is 43.3 Å². The number of nitrogens with zero attached hydrogens (tertiary/aromatic N) is 3. The Hall–Kier alpha value is -3.92. The van der Waals surface area contributed by atoms with Crippen LogP contribution in [0.5, 0.6) is 11.5 Å². The Kier molecular flexibility index (Phi) is 8.58. The minimum Gasteiger partial charge on any atom is -0.493 e. The van der Waals surface area contributed by atoms with Gasteiger partial charge in [0.15, 0.2) is 18.1 Å². The molecule has 10 nitrogen and oxygen atoms in total. The molecule has 0 saturated carbocycles. The van der Waals surface area contributed by atoms with Crippen molar-refractivity contribution in [1.29, 1.82) is 5.26 Å². The second-order valence-corrected chi connectivity index (χ2v) is 7.78. The lowest BCUT2D eigenvalue weighted by molar-refractivity contribution is -0.145. The number of carbonyl (C=O) groups is 1. The number of ether oxygens (including phenoxy) is 3. The van der Waals surface area contributed by atoms with Crippen LogP contribution in [-0.2, 0) is 9.53 Å². The maximum atomic E-state index is 12.3. The summed E-state index contributed by atoms with van der Waals surface area (Å²) < 4.78 is 16.5. The lowest BCUT2D eigenvalue weighted by Crippen LogP contribution is -2.16. The van der Waals surface area contributed by atoms with Crippen molar-refractivity contribution in [2.45, 2.75) is 6.92 Å². The van der Waals surface area contributed by atoms with Gasteiger partial charge in [-0.25, -0.2) is 15.2 Å².